The lowest BCUT2D eigenvalue weighted by Crippen LogP contribution is -2.34. The van der Waals surface area contributed by atoms with Gasteiger partial charge in [-0.25, -0.2) is 4.68 Å². The van der Waals surface area contributed by atoms with Crippen LogP contribution in [0.25, 0.3) is 5.69 Å². The number of hydrogen-bond donors (Lipinski definition) is 2. The molecule has 1 heterocycles. The molecular formula is C17H23ClN4O. The molecule has 0 saturated carbocycles. The average Bonchev–Trinajstić information content (AvgIpc) is 2.81. The first-order chi connectivity index (χ1) is 11.0. The highest BCUT2D eigenvalue weighted by molar-refractivity contribution is 6.30. The number of aromatic nitrogens is 2. The maximum absolute atomic E-state index is 11.6. The van der Waals surface area contributed by atoms with E-state index in [1.807, 2.05) is 49.7 Å². The van der Waals surface area contributed by atoms with Crippen molar-refractivity contribution in [2.24, 2.45) is 0 Å². The van der Waals surface area contributed by atoms with Crippen molar-refractivity contribution in [3.05, 3.63) is 46.2 Å². The topological polar surface area (TPSA) is 59.0 Å². The Morgan fingerprint density at radius 3 is 2.61 bits per heavy atom. The third-order valence-electron chi connectivity index (χ3n) is 3.67. The van der Waals surface area contributed by atoms with E-state index in [1.54, 1.807) is 0 Å². The Hall–Kier alpha value is -1.85. The summed E-state index contributed by atoms with van der Waals surface area (Å²) >= 11 is 5.93. The smallest absolute Gasteiger partial charge is 0.233 e. The molecule has 5 nitrogen and oxygen atoms in total. The third kappa shape index (κ3) is 4.56. The highest BCUT2D eigenvalue weighted by atomic mass is 35.5. The maximum Gasteiger partial charge on any atom is 0.233 e. The molecule has 0 spiro atoms. The Balaban J connectivity index is 2.03. The van der Waals surface area contributed by atoms with Crippen LogP contribution in [-0.2, 0) is 11.3 Å². The number of amides is 1. The molecule has 2 aromatic rings. The zero-order valence-electron chi connectivity index (χ0n) is 13.8. The van der Waals surface area contributed by atoms with E-state index in [4.69, 9.17) is 11.6 Å². The van der Waals surface area contributed by atoms with Crippen molar-refractivity contribution in [1.82, 2.24) is 20.4 Å². The van der Waals surface area contributed by atoms with Gasteiger partial charge in [0.2, 0.25) is 5.91 Å². The molecule has 0 unspecified atom stereocenters. The second kappa shape index (κ2) is 8.13. The van der Waals surface area contributed by atoms with Gasteiger partial charge in [0.1, 0.15) is 0 Å². The van der Waals surface area contributed by atoms with Gasteiger partial charge in [0.25, 0.3) is 0 Å². The second-order valence-corrected chi connectivity index (χ2v) is 5.93. The number of aryl methyl sites for hydroxylation is 1. The van der Waals surface area contributed by atoms with Gasteiger partial charge in [-0.1, -0.05) is 18.5 Å². The highest BCUT2D eigenvalue weighted by Crippen LogP contribution is 2.19. The number of benzene rings is 1. The minimum absolute atomic E-state index is 0.0206. The van der Waals surface area contributed by atoms with Gasteiger partial charge >= 0.3 is 0 Å². The lowest BCUT2D eigenvalue weighted by atomic mass is 10.2. The van der Waals surface area contributed by atoms with Crippen LogP contribution >= 0.6 is 11.6 Å². The summed E-state index contributed by atoms with van der Waals surface area (Å²) in [5.74, 6) is 0.0206. The number of nitrogens with zero attached hydrogens (tertiary/aromatic N) is 2. The van der Waals surface area contributed by atoms with E-state index in [-0.39, 0.29) is 5.91 Å². The molecule has 1 amide bonds. The van der Waals surface area contributed by atoms with Gasteiger partial charge in [0, 0.05) is 29.4 Å². The molecule has 0 aliphatic heterocycles. The van der Waals surface area contributed by atoms with Crippen molar-refractivity contribution in [2.75, 3.05) is 13.1 Å². The highest BCUT2D eigenvalue weighted by Gasteiger charge is 2.13. The molecule has 0 saturated heterocycles. The van der Waals surface area contributed by atoms with Crippen molar-refractivity contribution in [2.45, 2.75) is 33.7 Å². The molecule has 1 aromatic carbocycles. The molecule has 23 heavy (non-hydrogen) atoms. The van der Waals surface area contributed by atoms with Crippen LogP contribution in [0.2, 0.25) is 5.02 Å². The number of nitrogens with one attached hydrogen (secondary N) is 2. The first-order valence-corrected chi connectivity index (χ1v) is 8.19. The van der Waals surface area contributed by atoms with Gasteiger partial charge in [-0.05, 0) is 44.5 Å². The first-order valence-electron chi connectivity index (χ1n) is 7.81. The maximum atomic E-state index is 11.6. The number of rotatable bonds is 7. The Labute approximate surface area is 142 Å². The summed E-state index contributed by atoms with van der Waals surface area (Å²) in [6.07, 6.45) is 0.942. The summed E-state index contributed by atoms with van der Waals surface area (Å²) in [6.45, 7) is 7.69. The van der Waals surface area contributed by atoms with Gasteiger partial charge in [0.15, 0.2) is 0 Å². The average molecular weight is 335 g/mol. The quantitative estimate of drug-likeness (QED) is 0.818. The molecule has 0 radical (unpaired) electrons. The molecule has 2 rings (SSSR count). The summed E-state index contributed by atoms with van der Waals surface area (Å²) in [5.41, 5.74) is 4.11. The third-order valence-corrected chi connectivity index (χ3v) is 3.92. The molecule has 0 fully saturated rings. The van der Waals surface area contributed by atoms with Gasteiger partial charge in [-0.2, -0.15) is 5.10 Å². The van der Waals surface area contributed by atoms with Crippen molar-refractivity contribution < 1.29 is 4.79 Å². The van der Waals surface area contributed by atoms with Crippen molar-refractivity contribution in [1.29, 1.82) is 0 Å². The minimum atomic E-state index is 0.0206. The van der Waals surface area contributed by atoms with E-state index >= 15 is 0 Å². The number of carbonyl (C=O) groups is 1. The SMILES string of the molecule is CCCNC(=O)CNCc1c(C)nn(-c2ccc(Cl)cc2)c1C. The Morgan fingerprint density at radius 1 is 1.26 bits per heavy atom. The first kappa shape index (κ1) is 17.5. The Morgan fingerprint density at radius 2 is 1.96 bits per heavy atom. The lowest BCUT2D eigenvalue weighted by Gasteiger charge is -2.07. The molecule has 0 aliphatic carbocycles. The Bertz CT molecular complexity index is 664. The molecule has 2 N–H and O–H groups in total. The van der Waals surface area contributed by atoms with Crippen molar-refractivity contribution in [3.8, 4) is 5.69 Å². The van der Waals surface area contributed by atoms with Crippen LogP contribution in [0.15, 0.2) is 24.3 Å². The van der Waals surface area contributed by atoms with E-state index < -0.39 is 0 Å². The molecule has 1 aromatic heterocycles. The monoisotopic (exact) mass is 334 g/mol. The standard InChI is InChI=1S/C17H23ClN4O/c1-4-9-20-17(23)11-19-10-16-12(2)21-22(13(16)3)15-7-5-14(18)6-8-15/h5-8,19H,4,9-11H2,1-3H3,(H,20,23). The zero-order valence-corrected chi connectivity index (χ0v) is 14.6. The largest absolute Gasteiger partial charge is 0.355 e. The fourth-order valence-corrected chi connectivity index (χ4v) is 2.52. The fourth-order valence-electron chi connectivity index (χ4n) is 2.39. The number of carbonyl (C=O) groups excluding carboxylic acids is 1. The van der Waals surface area contributed by atoms with E-state index in [9.17, 15) is 4.79 Å². The van der Waals surface area contributed by atoms with E-state index in [0.717, 1.165) is 29.1 Å². The minimum Gasteiger partial charge on any atom is -0.355 e. The molecule has 6 heteroatoms. The predicted molar refractivity (Wildman–Crippen MR) is 93.1 cm³/mol. The summed E-state index contributed by atoms with van der Waals surface area (Å²) in [7, 11) is 0. The van der Waals surface area contributed by atoms with Crippen molar-refractivity contribution in [3.63, 3.8) is 0 Å². The molecule has 0 aliphatic rings. The van der Waals surface area contributed by atoms with Crippen LogP contribution in [-0.4, -0.2) is 28.8 Å². The number of hydrogen-bond acceptors (Lipinski definition) is 3. The normalized spacial score (nSPS) is 10.8. The summed E-state index contributed by atoms with van der Waals surface area (Å²) in [5, 5.41) is 11.3. The van der Waals surface area contributed by atoms with Crippen molar-refractivity contribution >= 4 is 17.5 Å². The van der Waals surface area contributed by atoms with Crippen LogP contribution in [0.5, 0.6) is 0 Å². The van der Waals surface area contributed by atoms with Crippen LogP contribution in [0.4, 0.5) is 0 Å². The van der Waals surface area contributed by atoms with Gasteiger partial charge in [0.05, 0.1) is 17.9 Å². The van der Waals surface area contributed by atoms with Crippen LogP contribution in [0.1, 0.15) is 30.3 Å². The van der Waals surface area contributed by atoms with Crippen LogP contribution < -0.4 is 10.6 Å². The Kier molecular flexibility index (Phi) is 6.19. The predicted octanol–water partition coefficient (Wildman–Crippen LogP) is 2.76. The van der Waals surface area contributed by atoms with Crippen LogP contribution in [0, 0.1) is 13.8 Å². The zero-order chi connectivity index (χ0) is 16.8. The van der Waals surface area contributed by atoms with Gasteiger partial charge < -0.3 is 10.6 Å². The van der Waals surface area contributed by atoms with Gasteiger partial charge in [-0.15, -0.1) is 0 Å². The lowest BCUT2D eigenvalue weighted by molar-refractivity contribution is -0.120. The van der Waals surface area contributed by atoms with Crippen LogP contribution in [0.3, 0.4) is 0 Å². The molecule has 124 valence electrons. The second-order valence-electron chi connectivity index (χ2n) is 5.49. The molecular weight excluding hydrogens is 312 g/mol. The molecule has 0 bridgehead atoms. The van der Waals surface area contributed by atoms with E-state index in [2.05, 4.69) is 15.7 Å². The summed E-state index contributed by atoms with van der Waals surface area (Å²) in [4.78, 5) is 11.6. The summed E-state index contributed by atoms with van der Waals surface area (Å²) in [6, 6.07) is 7.58. The van der Waals surface area contributed by atoms with Gasteiger partial charge in [-0.3, -0.25) is 4.79 Å². The van der Waals surface area contributed by atoms with E-state index in [1.165, 1.54) is 0 Å². The summed E-state index contributed by atoms with van der Waals surface area (Å²) < 4.78 is 1.90. The fraction of sp³-hybridized carbons (Fsp3) is 0.412. The van der Waals surface area contributed by atoms with E-state index in [0.29, 0.717) is 24.7 Å². The number of halogens is 1. The molecule has 0 atom stereocenters.